The minimum Gasteiger partial charge on any atom is -0.367 e. The lowest BCUT2D eigenvalue weighted by atomic mass is 10.0. The van der Waals surface area contributed by atoms with Gasteiger partial charge >= 0.3 is 0 Å². The number of hydrogen-bond acceptors (Lipinski definition) is 4. The Hall–Kier alpha value is -1.36. The standard InChI is InChI=1S/C13H19ClN4O/c14-11-8-15-9-18-13(11)17-6-5-16-12(19)7-10-3-1-2-4-10/h8-10H,1-7H2,(H,16,19)(H,15,17,18). The Morgan fingerprint density at radius 2 is 2.16 bits per heavy atom. The molecule has 6 heteroatoms. The molecule has 0 spiro atoms. The predicted octanol–water partition coefficient (Wildman–Crippen LogP) is 2.24. The predicted molar refractivity (Wildman–Crippen MR) is 75.1 cm³/mol. The van der Waals surface area contributed by atoms with Crippen molar-refractivity contribution >= 4 is 23.3 Å². The van der Waals surface area contributed by atoms with Gasteiger partial charge in [-0.05, 0) is 18.8 Å². The molecule has 0 saturated heterocycles. The van der Waals surface area contributed by atoms with Gasteiger partial charge in [-0.25, -0.2) is 9.97 Å². The highest BCUT2D eigenvalue weighted by Gasteiger charge is 2.17. The number of nitrogens with zero attached hydrogens (tertiary/aromatic N) is 2. The Kier molecular flexibility index (Phi) is 5.39. The highest BCUT2D eigenvalue weighted by molar-refractivity contribution is 6.32. The fraction of sp³-hybridized carbons (Fsp3) is 0.615. The van der Waals surface area contributed by atoms with Gasteiger partial charge in [0.25, 0.3) is 0 Å². The van der Waals surface area contributed by atoms with Crippen LogP contribution in [-0.2, 0) is 4.79 Å². The third kappa shape index (κ3) is 4.67. The minimum atomic E-state index is 0.141. The molecule has 104 valence electrons. The molecule has 1 amide bonds. The summed E-state index contributed by atoms with van der Waals surface area (Å²) in [7, 11) is 0. The van der Waals surface area contributed by atoms with Gasteiger partial charge in [0.05, 0.1) is 6.20 Å². The molecule has 2 rings (SSSR count). The quantitative estimate of drug-likeness (QED) is 0.785. The van der Waals surface area contributed by atoms with Crippen molar-refractivity contribution in [3.05, 3.63) is 17.5 Å². The van der Waals surface area contributed by atoms with E-state index in [1.54, 1.807) is 0 Å². The first-order chi connectivity index (χ1) is 9.25. The van der Waals surface area contributed by atoms with Crippen LogP contribution in [0, 0.1) is 5.92 Å². The van der Waals surface area contributed by atoms with E-state index < -0.39 is 0 Å². The molecular formula is C13H19ClN4O. The SMILES string of the molecule is O=C(CC1CCCC1)NCCNc1ncncc1Cl. The molecule has 1 aromatic rings. The molecule has 2 N–H and O–H groups in total. The number of hydrogen-bond donors (Lipinski definition) is 2. The van der Waals surface area contributed by atoms with Crippen LogP contribution in [0.2, 0.25) is 5.02 Å². The number of amides is 1. The molecule has 0 radical (unpaired) electrons. The number of nitrogens with one attached hydrogen (secondary N) is 2. The Morgan fingerprint density at radius 3 is 2.89 bits per heavy atom. The summed E-state index contributed by atoms with van der Waals surface area (Å²) in [6, 6.07) is 0. The highest BCUT2D eigenvalue weighted by atomic mass is 35.5. The maximum absolute atomic E-state index is 11.7. The van der Waals surface area contributed by atoms with Gasteiger partial charge in [0.2, 0.25) is 5.91 Å². The monoisotopic (exact) mass is 282 g/mol. The topological polar surface area (TPSA) is 66.9 Å². The molecule has 1 heterocycles. The Labute approximate surface area is 118 Å². The summed E-state index contributed by atoms with van der Waals surface area (Å²) >= 11 is 5.90. The molecule has 0 aromatic carbocycles. The van der Waals surface area contributed by atoms with Crippen LogP contribution in [0.15, 0.2) is 12.5 Å². The van der Waals surface area contributed by atoms with E-state index in [2.05, 4.69) is 20.6 Å². The van der Waals surface area contributed by atoms with E-state index in [-0.39, 0.29) is 5.91 Å². The lowest BCUT2D eigenvalue weighted by molar-refractivity contribution is -0.121. The van der Waals surface area contributed by atoms with Gasteiger partial charge in [-0.1, -0.05) is 24.4 Å². The Balaban J connectivity index is 1.61. The Bertz CT molecular complexity index is 421. The molecule has 1 aliphatic rings. The average Bonchev–Trinajstić information content (AvgIpc) is 2.89. The van der Waals surface area contributed by atoms with Crippen LogP contribution < -0.4 is 10.6 Å². The van der Waals surface area contributed by atoms with Crippen molar-refractivity contribution in [2.45, 2.75) is 32.1 Å². The fourth-order valence-corrected chi connectivity index (χ4v) is 2.55. The molecule has 1 aliphatic carbocycles. The second kappa shape index (κ2) is 7.28. The average molecular weight is 283 g/mol. The number of halogens is 1. The zero-order chi connectivity index (χ0) is 13.5. The van der Waals surface area contributed by atoms with Crippen molar-refractivity contribution in [3.63, 3.8) is 0 Å². The number of carbonyl (C=O) groups excluding carboxylic acids is 1. The van der Waals surface area contributed by atoms with Crippen LogP contribution in [0.1, 0.15) is 32.1 Å². The third-order valence-electron chi connectivity index (χ3n) is 3.36. The molecule has 1 aromatic heterocycles. The van der Waals surface area contributed by atoms with Crippen molar-refractivity contribution in [1.29, 1.82) is 0 Å². The van der Waals surface area contributed by atoms with E-state index in [4.69, 9.17) is 11.6 Å². The van der Waals surface area contributed by atoms with Crippen molar-refractivity contribution in [2.75, 3.05) is 18.4 Å². The normalized spacial score (nSPS) is 15.4. The summed E-state index contributed by atoms with van der Waals surface area (Å²) in [4.78, 5) is 19.5. The van der Waals surface area contributed by atoms with Crippen molar-refractivity contribution in [1.82, 2.24) is 15.3 Å². The molecule has 1 saturated carbocycles. The van der Waals surface area contributed by atoms with E-state index in [0.717, 1.165) is 0 Å². The maximum atomic E-state index is 11.7. The molecule has 1 fully saturated rings. The summed E-state index contributed by atoms with van der Waals surface area (Å²) in [5.41, 5.74) is 0. The second-order valence-corrected chi connectivity index (χ2v) is 5.26. The smallest absolute Gasteiger partial charge is 0.220 e. The van der Waals surface area contributed by atoms with Crippen LogP contribution >= 0.6 is 11.6 Å². The van der Waals surface area contributed by atoms with Crippen molar-refractivity contribution in [3.8, 4) is 0 Å². The highest BCUT2D eigenvalue weighted by Crippen LogP contribution is 2.27. The van der Waals surface area contributed by atoms with E-state index in [1.165, 1.54) is 38.2 Å². The zero-order valence-corrected chi connectivity index (χ0v) is 11.6. The first-order valence-electron chi connectivity index (χ1n) is 6.72. The number of rotatable bonds is 6. The molecule has 0 aliphatic heterocycles. The second-order valence-electron chi connectivity index (χ2n) is 4.85. The maximum Gasteiger partial charge on any atom is 0.220 e. The molecule has 0 atom stereocenters. The summed E-state index contributed by atoms with van der Waals surface area (Å²) in [6.07, 6.45) is 8.57. The summed E-state index contributed by atoms with van der Waals surface area (Å²) in [5, 5.41) is 6.46. The molecule has 19 heavy (non-hydrogen) atoms. The number of anilines is 1. The lowest BCUT2D eigenvalue weighted by Gasteiger charge is -2.10. The van der Waals surface area contributed by atoms with Crippen LogP contribution in [0.4, 0.5) is 5.82 Å². The van der Waals surface area contributed by atoms with E-state index in [1.807, 2.05) is 0 Å². The van der Waals surface area contributed by atoms with E-state index in [9.17, 15) is 4.79 Å². The zero-order valence-electron chi connectivity index (χ0n) is 10.9. The molecular weight excluding hydrogens is 264 g/mol. The van der Waals surface area contributed by atoms with Crippen LogP contribution in [-0.4, -0.2) is 29.0 Å². The van der Waals surface area contributed by atoms with Gasteiger partial charge in [-0.15, -0.1) is 0 Å². The first kappa shape index (κ1) is 14.1. The van der Waals surface area contributed by atoms with Crippen LogP contribution in [0.3, 0.4) is 0 Å². The minimum absolute atomic E-state index is 0.141. The van der Waals surface area contributed by atoms with Crippen LogP contribution in [0.5, 0.6) is 0 Å². The summed E-state index contributed by atoms with van der Waals surface area (Å²) in [5.74, 6) is 1.33. The van der Waals surface area contributed by atoms with Gasteiger partial charge in [-0.2, -0.15) is 0 Å². The van der Waals surface area contributed by atoms with Gasteiger partial charge in [0, 0.05) is 19.5 Å². The van der Waals surface area contributed by atoms with Gasteiger partial charge in [-0.3, -0.25) is 4.79 Å². The molecule has 0 unspecified atom stereocenters. The summed E-state index contributed by atoms with van der Waals surface area (Å²) in [6.45, 7) is 1.18. The first-order valence-corrected chi connectivity index (χ1v) is 7.09. The lowest BCUT2D eigenvalue weighted by Crippen LogP contribution is -2.30. The molecule has 0 bridgehead atoms. The number of aromatic nitrogens is 2. The van der Waals surface area contributed by atoms with Gasteiger partial charge in [0.1, 0.15) is 17.2 Å². The van der Waals surface area contributed by atoms with E-state index >= 15 is 0 Å². The Morgan fingerprint density at radius 1 is 1.37 bits per heavy atom. The molecule has 5 nitrogen and oxygen atoms in total. The van der Waals surface area contributed by atoms with Crippen molar-refractivity contribution < 1.29 is 4.79 Å². The van der Waals surface area contributed by atoms with Gasteiger partial charge in [0.15, 0.2) is 0 Å². The fourth-order valence-electron chi connectivity index (χ4n) is 2.37. The van der Waals surface area contributed by atoms with Gasteiger partial charge < -0.3 is 10.6 Å². The summed E-state index contributed by atoms with van der Waals surface area (Å²) < 4.78 is 0. The van der Waals surface area contributed by atoms with Crippen molar-refractivity contribution in [2.24, 2.45) is 5.92 Å². The largest absolute Gasteiger partial charge is 0.367 e. The van der Waals surface area contributed by atoms with E-state index in [0.29, 0.717) is 36.3 Å². The van der Waals surface area contributed by atoms with Crippen LogP contribution in [0.25, 0.3) is 0 Å². The number of carbonyl (C=O) groups is 1. The third-order valence-corrected chi connectivity index (χ3v) is 3.63.